The smallest absolute Gasteiger partial charge is 0.355 e. The van der Waals surface area contributed by atoms with Crippen LogP contribution in [0.25, 0.3) is 10.9 Å². The molecule has 0 saturated heterocycles. The van der Waals surface area contributed by atoms with Crippen molar-refractivity contribution in [1.82, 2.24) is 38.9 Å². The molecule has 0 aliphatic rings. The lowest BCUT2D eigenvalue weighted by atomic mass is 10.2. The van der Waals surface area contributed by atoms with Crippen molar-refractivity contribution >= 4 is 34.1 Å². The van der Waals surface area contributed by atoms with Gasteiger partial charge in [0.2, 0.25) is 5.95 Å². The number of ether oxygens (including phenoxy) is 1. The molecule has 16 heteroatoms. The van der Waals surface area contributed by atoms with Crippen LogP contribution in [0, 0.1) is 17.5 Å². The number of aryl methyl sites for hydroxylation is 1. The van der Waals surface area contributed by atoms with E-state index in [0.717, 1.165) is 9.13 Å². The Kier molecular flexibility index (Phi) is 7.40. The first-order valence-corrected chi connectivity index (χ1v) is 12.1. The van der Waals surface area contributed by atoms with E-state index in [4.69, 9.17) is 16.3 Å². The molecule has 0 unspecified atom stereocenters. The van der Waals surface area contributed by atoms with E-state index in [9.17, 15) is 22.8 Å². The number of nitrogens with zero attached hydrogens (tertiary/aromatic N) is 8. The van der Waals surface area contributed by atoms with Gasteiger partial charge in [-0.05, 0) is 18.2 Å². The Balaban J connectivity index is 1.59. The van der Waals surface area contributed by atoms with Crippen LogP contribution >= 0.6 is 11.6 Å². The second kappa shape index (κ2) is 10.9. The van der Waals surface area contributed by atoms with Crippen molar-refractivity contribution in [1.29, 1.82) is 0 Å². The molecule has 0 atom stereocenters. The summed E-state index contributed by atoms with van der Waals surface area (Å²) < 4.78 is 51.8. The number of nitrogens with one attached hydrogen (secondary N) is 1. The highest BCUT2D eigenvalue weighted by Crippen LogP contribution is 2.29. The molecule has 0 bridgehead atoms. The summed E-state index contributed by atoms with van der Waals surface area (Å²) in [7, 11) is 3.26. The van der Waals surface area contributed by atoms with Gasteiger partial charge in [-0.25, -0.2) is 32.0 Å². The Labute approximate surface area is 228 Å². The van der Waals surface area contributed by atoms with Crippen LogP contribution in [0.15, 0.2) is 46.2 Å². The van der Waals surface area contributed by atoms with Crippen LogP contribution in [0.1, 0.15) is 11.3 Å². The van der Waals surface area contributed by atoms with Crippen molar-refractivity contribution in [3.63, 3.8) is 0 Å². The van der Waals surface area contributed by atoms with Crippen LogP contribution in [-0.2, 0) is 31.4 Å². The molecule has 0 fully saturated rings. The Hall–Kier alpha value is -4.50. The number of fused-ring (bicyclic) bond motifs is 1. The molecule has 1 N–H and O–H groups in total. The minimum Gasteiger partial charge on any atom is -0.383 e. The van der Waals surface area contributed by atoms with E-state index in [1.807, 2.05) is 0 Å². The van der Waals surface area contributed by atoms with Crippen LogP contribution in [0.4, 0.5) is 24.8 Å². The van der Waals surface area contributed by atoms with Gasteiger partial charge in [0.15, 0.2) is 11.6 Å². The summed E-state index contributed by atoms with van der Waals surface area (Å²) in [5.74, 6) is -4.09. The quantitative estimate of drug-likeness (QED) is 0.266. The van der Waals surface area contributed by atoms with Gasteiger partial charge in [0, 0.05) is 37.4 Å². The van der Waals surface area contributed by atoms with Gasteiger partial charge in [0.25, 0.3) is 0 Å². The van der Waals surface area contributed by atoms with Gasteiger partial charge in [-0.15, -0.1) is 5.10 Å². The summed E-state index contributed by atoms with van der Waals surface area (Å²) in [4.78, 5) is 30.6. The van der Waals surface area contributed by atoms with Gasteiger partial charge >= 0.3 is 11.4 Å². The number of hydrogen-bond acceptors (Lipinski definition) is 8. The molecule has 0 radical (unpaired) electrons. The molecule has 5 aromatic rings. The molecular weight excluding hydrogens is 555 g/mol. The van der Waals surface area contributed by atoms with Gasteiger partial charge in [-0.3, -0.25) is 9.25 Å². The molecule has 0 saturated carbocycles. The molecule has 40 heavy (non-hydrogen) atoms. The van der Waals surface area contributed by atoms with E-state index < -0.39 is 35.4 Å². The third-order valence-corrected chi connectivity index (χ3v) is 6.27. The van der Waals surface area contributed by atoms with Crippen molar-refractivity contribution in [3.8, 4) is 0 Å². The average molecular weight is 576 g/mol. The number of anilines is 2. The number of hydrogen-bond donors (Lipinski definition) is 1. The zero-order valence-electron chi connectivity index (χ0n) is 21.1. The highest BCUT2D eigenvalue weighted by molar-refractivity contribution is 6.34. The Morgan fingerprint density at radius 3 is 2.55 bits per heavy atom. The molecule has 5 rings (SSSR count). The van der Waals surface area contributed by atoms with E-state index in [2.05, 4.69) is 25.7 Å². The molecule has 12 nitrogen and oxygen atoms in total. The number of halogens is 4. The maximum Gasteiger partial charge on any atom is 0.355 e. The van der Waals surface area contributed by atoms with Gasteiger partial charge in [-0.2, -0.15) is 10.1 Å². The van der Waals surface area contributed by atoms with Crippen LogP contribution in [-0.4, -0.2) is 52.6 Å². The van der Waals surface area contributed by atoms with Gasteiger partial charge in [0.1, 0.15) is 11.5 Å². The van der Waals surface area contributed by atoms with Crippen LogP contribution in [0.2, 0.25) is 5.02 Å². The van der Waals surface area contributed by atoms with Crippen LogP contribution < -0.4 is 16.7 Å². The normalized spacial score (nSPS) is 11.4. The van der Waals surface area contributed by atoms with Gasteiger partial charge in [-0.1, -0.05) is 16.8 Å². The summed E-state index contributed by atoms with van der Waals surface area (Å²) in [6.45, 7) is -0.142. The van der Waals surface area contributed by atoms with Crippen molar-refractivity contribution in [3.05, 3.63) is 91.4 Å². The standard InChI is InChI=1S/C24H21ClF3N9O3/c1-34-9-14-6-21(16(25)7-20(14)32-34)29-22-30-23(38)37(12-15-11-35(33-31-15)3-4-40-2)24(39)36(22)10-13-5-18(27)19(28)8-17(13)26/h5-9,11H,3-4,10,12H2,1-2H3,(H,29,30,38). The fourth-order valence-corrected chi connectivity index (χ4v) is 4.22. The highest BCUT2D eigenvalue weighted by atomic mass is 35.5. The van der Waals surface area contributed by atoms with Crippen molar-refractivity contribution in [2.75, 3.05) is 19.0 Å². The fraction of sp³-hybridized carbons (Fsp3) is 0.250. The van der Waals surface area contributed by atoms with Crippen LogP contribution in [0.3, 0.4) is 0 Å². The topological polar surface area (TPSA) is 127 Å². The monoisotopic (exact) mass is 575 g/mol. The predicted molar refractivity (Wildman–Crippen MR) is 138 cm³/mol. The van der Waals surface area contributed by atoms with E-state index in [1.54, 1.807) is 30.1 Å². The molecule has 0 spiro atoms. The first kappa shape index (κ1) is 27.1. The van der Waals surface area contributed by atoms with E-state index >= 15 is 0 Å². The summed E-state index contributed by atoms with van der Waals surface area (Å²) in [6.07, 6.45) is 3.26. The lowest BCUT2D eigenvalue weighted by Crippen LogP contribution is -2.43. The van der Waals surface area contributed by atoms with Crippen LogP contribution in [0.5, 0.6) is 0 Å². The number of aromatic nitrogens is 8. The highest BCUT2D eigenvalue weighted by Gasteiger charge is 2.19. The largest absolute Gasteiger partial charge is 0.383 e. The number of methoxy groups -OCH3 is 1. The predicted octanol–water partition coefficient (Wildman–Crippen LogP) is 2.44. The van der Waals surface area contributed by atoms with Crippen molar-refractivity contribution in [2.24, 2.45) is 7.05 Å². The third kappa shape index (κ3) is 5.46. The zero-order chi connectivity index (χ0) is 28.6. The van der Waals surface area contributed by atoms with Gasteiger partial charge < -0.3 is 10.1 Å². The average Bonchev–Trinajstić information content (AvgIpc) is 3.50. The second-order valence-electron chi connectivity index (χ2n) is 8.81. The van der Waals surface area contributed by atoms with Crippen molar-refractivity contribution in [2.45, 2.75) is 19.6 Å². The molecule has 0 aliphatic carbocycles. The van der Waals surface area contributed by atoms with Gasteiger partial charge in [0.05, 0.1) is 48.7 Å². The first-order chi connectivity index (χ1) is 19.1. The minimum atomic E-state index is -1.39. The summed E-state index contributed by atoms with van der Waals surface area (Å²) in [5, 5.41) is 15.9. The van der Waals surface area contributed by atoms with E-state index in [1.165, 1.54) is 18.0 Å². The maximum atomic E-state index is 14.6. The molecular formula is C24H21ClF3N9O3. The first-order valence-electron chi connectivity index (χ1n) is 11.8. The lowest BCUT2D eigenvalue weighted by molar-refractivity contribution is 0.183. The fourth-order valence-electron chi connectivity index (χ4n) is 4.01. The van der Waals surface area contributed by atoms with E-state index in [-0.39, 0.29) is 34.5 Å². The summed E-state index contributed by atoms with van der Waals surface area (Å²) in [5.41, 5.74) is -1.08. The lowest BCUT2D eigenvalue weighted by Gasteiger charge is -2.16. The number of rotatable bonds is 9. The maximum absolute atomic E-state index is 14.6. The SMILES string of the molecule is COCCn1cc(Cn2c(=O)nc(Nc3cc4cn(C)nc4cc3Cl)n(Cc3cc(F)c(F)cc3F)c2=O)nn1. The van der Waals surface area contributed by atoms with E-state index in [0.29, 0.717) is 36.2 Å². The molecule has 0 amide bonds. The molecule has 3 heterocycles. The minimum absolute atomic E-state index is 0.197. The molecule has 208 valence electrons. The Morgan fingerprint density at radius 1 is 1.00 bits per heavy atom. The zero-order valence-corrected chi connectivity index (χ0v) is 21.9. The molecule has 2 aromatic carbocycles. The van der Waals surface area contributed by atoms with Crippen molar-refractivity contribution < 1.29 is 17.9 Å². The Morgan fingerprint density at radius 2 is 1.77 bits per heavy atom. The Bertz CT molecular complexity index is 1850. The summed E-state index contributed by atoms with van der Waals surface area (Å²) >= 11 is 6.41. The molecule has 0 aliphatic heterocycles. The second-order valence-corrected chi connectivity index (χ2v) is 9.22. The number of benzene rings is 2. The third-order valence-electron chi connectivity index (χ3n) is 5.95. The summed E-state index contributed by atoms with van der Waals surface area (Å²) in [6, 6.07) is 4.21. The molecule has 3 aromatic heterocycles.